The molecule has 2 heterocycles. The molecule has 0 spiro atoms. The van der Waals surface area contributed by atoms with Gasteiger partial charge in [0.1, 0.15) is 12.1 Å². The third kappa shape index (κ3) is 3.86. The third-order valence-corrected chi connectivity index (χ3v) is 5.65. The Morgan fingerprint density at radius 1 is 1.09 bits per heavy atom. The van der Waals surface area contributed by atoms with Gasteiger partial charge in [0.2, 0.25) is 0 Å². The lowest BCUT2D eigenvalue weighted by Crippen LogP contribution is -2.54. The molecule has 0 bridgehead atoms. The first-order valence-electron chi connectivity index (χ1n) is 9.31. The van der Waals surface area contributed by atoms with Gasteiger partial charge in [0, 0.05) is 22.7 Å². The fourth-order valence-electron chi connectivity index (χ4n) is 3.40. The zero-order valence-electron chi connectivity index (χ0n) is 16.6. The van der Waals surface area contributed by atoms with Crippen molar-refractivity contribution in [2.45, 2.75) is 6.54 Å². The maximum absolute atomic E-state index is 13.1. The summed E-state index contributed by atoms with van der Waals surface area (Å²) in [6, 6.07) is 10.5. The van der Waals surface area contributed by atoms with E-state index in [0.717, 1.165) is 4.90 Å². The summed E-state index contributed by atoms with van der Waals surface area (Å²) in [5.74, 6) is -2.10. The number of halogens is 2. The van der Waals surface area contributed by atoms with Crippen molar-refractivity contribution in [3.8, 4) is 0 Å². The number of imide groups is 2. The smallest absolute Gasteiger partial charge is 0.335 e. The summed E-state index contributed by atoms with van der Waals surface area (Å²) in [7, 11) is 1.29. The van der Waals surface area contributed by atoms with Gasteiger partial charge in [-0.2, -0.15) is 0 Å². The molecule has 0 radical (unpaired) electrons. The number of esters is 1. The molecule has 0 atom stereocenters. The number of barbiturate groups is 1. The number of urea groups is 1. The summed E-state index contributed by atoms with van der Waals surface area (Å²) in [4.78, 5) is 50.6. The van der Waals surface area contributed by atoms with Gasteiger partial charge >= 0.3 is 12.0 Å². The number of methoxy groups -OCH3 is 1. The zero-order chi connectivity index (χ0) is 23.0. The highest BCUT2D eigenvalue weighted by molar-refractivity contribution is 6.43. The van der Waals surface area contributed by atoms with Gasteiger partial charge < -0.3 is 9.30 Å². The summed E-state index contributed by atoms with van der Waals surface area (Å²) in [5.41, 5.74) is 1.14. The molecule has 3 aromatic rings. The molecule has 0 saturated carbocycles. The van der Waals surface area contributed by atoms with Crippen molar-refractivity contribution in [3.63, 3.8) is 0 Å². The Labute approximate surface area is 191 Å². The highest BCUT2D eigenvalue weighted by Crippen LogP contribution is 2.30. The molecule has 1 fully saturated rings. The normalized spacial score (nSPS) is 15.4. The van der Waals surface area contributed by atoms with Crippen molar-refractivity contribution in [2.75, 3.05) is 12.0 Å². The third-order valence-electron chi connectivity index (χ3n) is 4.91. The Bertz CT molecular complexity index is 1330. The number of carbonyl (C=O) groups is 4. The molecule has 10 heteroatoms. The van der Waals surface area contributed by atoms with Crippen LogP contribution in [0.1, 0.15) is 5.56 Å². The number of anilines is 1. The van der Waals surface area contributed by atoms with Gasteiger partial charge in [0.15, 0.2) is 0 Å². The number of fused-ring (bicyclic) bond motifs is 1. The van der Waals surface area contributed by atoms with Gasteiger partial charge in [-0.25, -0.2) is 9.69 Å². The van der Waals surface area contributed by atoms with Crippen molar-refractivity contribution in [1.82, 2.24) is 9.88 Å². The standard InChI is InChI=1S/C22H15Cl2N3O5/c1-32-19(28)11-26-10-12(14-4-2-3-5-18(14)26)8-15-20(29)25-22(31)27(21(15)30)13-6-7-16(23)17(24)9-13/h2-10H,11H2,1H3,(H,25,29,31)/b15-8-. The monoisotopic (exact) mass is 471 g/mol. The Kier molecular flexibility index (Phi) is 5.73. The lowest BCUT2D eigenvalue weighted by Gasteiger charge is -2.26. The number of para-hydroxylation sites is 1. The van der Waals surface area contributed by atoms with Gasteiger partial charge in [-0.15, -0.1) is 0 Å². The number of nitrogens with one attached hydrogen (secondary N) is 1. The summed E-state index contributed by atoms with van der Waals surface area (Å²) in [5, 5.41) is 3.28. The summed E-state index contributed by atoms with van der Waals surface area (Å²) in [6.45, 7) is -0.0474. The second-order valence-electron chi connectivity index (χ2n) is 6.86. The topological polar surface area (TPSA) is 97.7 Å². The molecule has 1 aliphatic rings. The van der Waals surface area contributed by atoms with Crippen LogP contribution in [0.2, 0.25) is 10.0 Å². The zero-order valence-corrected chi connectivity index (χ0v) is 18.1. The Morgan fingerprint density at radius 2 is 1.84 bits per heavy atom. The molecule has 1 aliphatic heterocycles. The Morgan fingerprint density at radius 3 is 2.56 bits per heavy atom. The van der Waals surface area contributed by atoms with Crippen LogP contribution >= 0.6 is 23.2 Å². The lowest BCUT2D eigenvalue weighted by atomic mass is 10.1. The quantitative estimate of drug-likeness (QED) is 0.354. The van der Waals surface area contributed by atoms with Crippen molar-refractivity contribution in [2.24, 2.45) is 0 Å². The molecule has 4 amide bonds. The molecule has 4 rings (SSSR count). The fraction of sp³-hybridized carbons (Fsp3) is 0.0909. The number of benzene rings is 2. The summed E-state index contributed by atoms with van der Waals surface area (Å²) in [6.07, 6.45) is 3.01. The fourth-order valence-corrected chi connectivity index (χ4v) is 3.69. The Balaban J connectivity index is 1.79. The number of hydrogen-bond acceptors (Lipinski definition) is 5. The van der Waals surface area contributed by atoms with E-state index in [9.17, 15) is 19.2 Å². The van der Waals surface area contributed by atoms with Crippen molar-refractivity contribution >= 4 is 69.7 Å². The van der Waals surface area contributed by atoms with Crippen LogP contribution in [-0.4, -0.2) is 35.5 Å². The first kappa shape index (κ1) is 21.6. The maximum atomic E-state index is 13.1. The van der Waals surface area contributed by atoms with E-state index < -0.39 is 23.8 Å². The van der Waals surface area contributed by atoms with Crippen LogP contribution in [-0.2, 0) is 25.7 Å². The predicted molar refractivity (Wildman–Crippen MR) is 119 cm³/mol. The number of carbonyl (C=O) groups excluding carboxylic acids is 4. The lowest BCUT2D eigenvalue weighted by molar-refractivity contribution is -0.141. The number of aromatic nitrogens is 1. The van der Waals surface area contributed by atoms with Crippen molar-refractivity contribution in [1.29, 1.82) is 0 Å². The number of ether oxygens (including phenoxy) is 1. The van der Waals surface area contributed by atoms with Crippen LogP contribution in [0.4, 0.5) is 10.5 Å². The van der Waals surface area contributed by atoms with Gasteiger partial charge in [0.05, 0.1) is 22.8 Å². The van der Waals surface area contributed by atoms with E-state index in [1.165, 1.54) is 31.4 Å². The largest absolute Gasteiger partial charge is 0.468 e. The van der Waals surface area contributed by atoms with Gasteiger partial charge in [0.25, 0.3) is 11.8 Å². The molecule has 0 aliphatic carbocycles. The molecule has 8 nitrogen and oxygen atoms in total. The predicted octanol–water partition coefficient (Wildman–Crippen LogP) is 3.79. The molecular weight excluding hydrogens is 457 g/mol. The van der Waals surface area contributed by atoms with E-state index in [4.69, 9.17) is 27.9 Å². The van der Waals surface area contributed by atoms with Crippen LogP contribution in [0.25, 0.3) is 17.0 Å². The Hall–Kier alpha value is -3.62. The van der Waals surface area contributed by atoms with Gasteiger partial charge in [-0.1, -0.05) is 41.4 Å². The summed E-state index contributed by atoms with van der Waals surface area (Å²) < 4.78 is 6.38. The first-order chi connectivity index (χ1) is 15.3. The molecular formula is C22H15Cl2N3O5. The van der Waals surface area contributed by atoms with Crippen LogP contribution < -0.4 is 10.2 Å². The van der Waals surface area contributed by atoms with E-state index >= 15 is 0 Å². The molecule has 32 heavy (non-hydrogen) atoms. The van der Waals surface area contributed by atoms with E-state index in [0.29, 0.717) is 16.5 Å². The average molecular weight is 472 g/mol. The molecule has 1 aromatic heterocycles. The van der Waals surface area contributed by atoms with Crippen molar-refractivity contribution < 1.29 is 23.9 Å². The number of hydrogen-bond donors (Lipinski definition) is 1. The minimum atomic E-state index is -0.899. The molecule has 162 valence electrons. The average Bonchev–Trinajstić information content (AvgIpc) is 3.10. The minimum absolute atomic E-state index is 0.0474. The van der Waals surface area contributed by atoms with Crippen LogP contribution in [0, 0.1) is 0 Å². The maximum Gasteiger partial charge on any atom is 0.335 e. The molecule has 1 N–H and O–H groups in total. The van der Waals surface area contributed by atoms with Crippen LogP contribution in [0.15, 0.2) is 54.2 Å². The first-order valence-corrected chi connectivity index (χ1v) is 10.1. The van der Waals surface area contributed by atoms with E-state index in [-0.39, 0.29) is 27.9 Å². The van der Waals surface area contributed by atoms with Crippen LogP contribution in [0.3, 0.4) is 0 Å². The van der Waals surface area contributed by atoms with Crippen molar-refractivity contribution in [3.05, 3.63) is 69.8 Å². The van der Waals surface area contributed by atoms with Gasteiger partial charge in [-0.3, -0.25) is 19.7 Å². The van der Waals surface area contributed by atoms with Gasteiger partial charge in [-0.05, 0) is 30.3 Å². The number of rotatable bonds is 4. The van der Waals surface area contributed by atoms with Crippen LogP contribution in [0.5, 0.6) is 0 Å². The SMILES string of the molecule is COC(=O)Cn1cc(/C=C2/C(=O)NC(=O)N(c3ccc(Cl)c(Cl)c3)C2=O)c2ccccc21. The van der Waals surface area contributed by atoms with E-state index in [2.05, 4.69) is 5.32 Å². The van der Waals surface area contributed by atoms with E-state index in [1.807, 2.05) is 0 Å². The van der Waals surface area contributed by atoms with E-state index in [1.54, 1.807) is 35.0 Å². The minimum Gasteiger partial charge on any atom is -0.468 e. The second kappa shape index (κ2) is 8.49. The number of nitrogens with zero attached hydrogens (tertiary/aromatic N) is 2. The highest BCUT2D eigenvalue weighted by atomic mass is 35.5. The number of amides is 4. The summed E-state index contributed by atoms with van der Waals surface area (Å²) >= 11 is 11.9. The molecule has 2 aromatic carbocycles. The second-order valence-corrected chi connectivity index (χ2v) is 7.68. The molecule has 0 unspecified atom stereocenters. The highest BCUT2D eigenvalue weighted by Gasteiger charge is 2.37. The molecule has 1 saturated heterocycles.